The van der Waals surface area contributed by atoms with Crippen molar-refractivity contribution in [3.8, 4) is 0 Å². The number of thiazole rings is 1. The summed E-state index contributed by atoms with van der Waals surface area (Å²) in [6.07, 6.45) is 3.22. The third-order valence-electron chi connectivity index (χ3n) is 3.16. The van der Waals surface area contributed by atoms with Crippen LogP contribution in [0.1, 0.15) is 37.7 Å². The monoisotopic (exact) mass is 309 g/mol. The molecule has 21 heavy (non-hydrogen) atoms. The molecule has 0 aromatic carbocycles. The van der Waals surface area contributed by atoms with Crippen molar-refractivity contribution in [1.29, 1.82) is 0 Å². The van der Waals surface area contributed by atoms with Gasteiger partial charge in [-0.15, -0.1) is 11.3 Å². The summed E-state index contributed by atoms with van der Waals surface area (Å²) in [5.74, 6) is 0.167. The van der Waals surface area contributed by atoms with Crippen molar-refractivity contribution in [2.45, 2.75) is 39.3 Å². The third kappa shape index (κ3) is 3.15. The van der Waals surface area contributed by atoms with Gasteiger partial charge in [-0.1, -0.05) is 13.8 Å². The van der Waals surface area contributed by atoms with Gasteiger partial charge >= 0.3 is 5.69 Å². The van der Waals surface area contributed by atoms with Gasteiger partial charge in [-0.3, -0.25) is 14.3 Å². The zero-order valence-electron chi connectivity index (χ0n) is 12.0. The first-order valence-electron chi connectivity index (χ1n) is 6.87. The first kappa shape index (κ1) is 15.3. The van der Waals surface area contributed by atoms with Gasteiger partial charge in [-0.25, -0.2) is 9.78 Å². The van der Waals surface area contributed by atoms with Crippen LogP contribution in [-0.2, 0) is 6.54 Å². The van der Waals surface area contributed by atoms with Crippen LogP contribution in [0.3, 0.4) is 0 Å². The van der Waals surface area contributed by atoms with Gasteiger partial charge in [0.05, 0.1) is 6.04 Å². The Kier molecular flexibility index (Phi) is 4.79. The van der Waals surface area contributed by atoms with Crippen molar-refractivity contribution >= 4 is 22.8 Å². The predicted molar refractivity (Wildman–Crippen MR) is 84.8 cm³/mol. The minimum absolute atomic E-state index is 0.110. The maximum atomic E-state index is 12.0. The van der Waals surface area contributed by atoms with Crippen molar-refractivity contribution in [3.05, 3.63) is 37.4 Å². The first-order chi connectivity index (χ1) is 10.1. The van der Waals surface area contributed by atoms with Gasteiger partial charge in [0.2, 0.25) is 0 Å². The molecule has 0 aliphatic heterocycles. The number of rotatable bonds is 6. The van der Waals surface area contributed by atoms with Gasteiger partial charge in [-0.2, -0.15) is 0 Å². The normalized spacial score (nSPS) is 12.3. The smallest absolute Gasteiger partial charge is 0.330 e. The zero-order valence-corrected chi connectivity index (χ0v) is 12.9. The van der Waals surface area contributed by atoms with E-state index in [1.807, 2.05) is 19.2 Å². The van der Waals surface area contributed by atoms with Crippen LogP contribution in [-0.4, -0.2) is 14.5 Å². The summed E-state index contributed by atoms with van der Waals surface area (Å²) in [5, 5.41) is 5.87. The Morgan fingerprint density at radius 3 is 2.81 bits per heavy atom. The molecule has 2 aromatic rings. The van der Waals surface area contributed by atoms with E-state index < -0.39 is 11.2 Å². The fraction of sp³-hybridized carbons (Fsp3) is 0.462. The number of nitrogen functional groups attached to an aromatic ring is 1. The van der Waals surface area contributed by atoms with E-state index in [9.17, 15) is 9.59 Å². The summed E-state index contributed by atoms with van der Waals surface area (Å²) < 4.78 is 1.37. The second-order valence-electron chi connectivity index (χ2n) is 4.65. The molecule has 0 saturated heterocycles. The highest BCUT2D eigenvalue weighted by atomic mass is 32.1. The predicted octanol–water partition coefficient (Wildman–Crippen LogP) is 1.55. The molecule has 0 fully saturated rings. The fourth-order valence-electron chi connectivity index (χ4n) is 2.09. The summed E-state index contributed by atoms with van der Waals surface area (Å²) in [6, 6.07) is -0.110. The van der Waals surface area contributed by atoms with E-state index in [-0.39, 0.29) is 17.5 Å². The van der Waals surface area contributed by atoms with Crippen LogP contribution in [0.5, 0.6) is 0 Å². The molecule has 2 rings (SSSR count). The quantitative estimate of drug-likeness (QED) is 0.750. The van der Waals surface area contributed by atoms with Crippen LogP contribution in [0, 0.1) is 0 Å². The largest absolute Gasteiger partial charge is 0.383 e. The lowest BCUT2D eigenvalue weighted by Gasteiger charge is -2.18. The van der Waals surface area contributed by atoms with Crippen LogP contribution in [0.2, 0.25) is 0 Å². The Hall–Kier alpha value is -2.09. The Morgan fingerprint density at radius 2 is 2.24 bits per heavy atom. The summed E-state index contributed by atoms with van der Waals surface area (Å²) in [4.78, 5) is 30.3. The number of H-pyrrole nitrogens is 1. The topological polar surface area (TPSA) is 106 Å². The van der Waals surface area contributed by atoms with Crippen LogP contribution >= 0.6 is 11.3 Å². The molecule has 1 atom stereocenters. The van der Waals surface area contributed by atoms with Gasteiger partial charge < -0.3 is 11.1 Å². The number of hydrogen-bond acceptors (Lipinski definition) is 6. The molecule has 114 valence electrons. The molecule has 0 bridgehead atoms. The van der Waals surface area contributed by atoms with Crippen molar-refractivity contribution in [2.24, 2.45) is 0 Å². The lowest BCUT2D eigenvalue weighted by molar-refractivity contribution is 0.639. The molecular formula is C13H19N5O2S. The summed E-state index contributed by atoms with van der Waals surface area (Å²) in [7, 11) is 0. The highest BCUT2D eigenvalue weighted by Crippen LogP contribution is 2.24. The van der Waals surface area contributed by atoms with Crippen molar-refractivity contribution < 1.29 is 0 Å². The second kappa shape index (κ2) is 6.57. The molecular weight excluding hydrogens is 290 g/mol. The number of aromatic amines is 1. The SMILES string of the molecule is CCCn1c(N)c(NC(CC)c2nccs2)c(=O)[nH]c1=O. The molecule has 2 heterocycles. The van der Waals surface area contributed by atoms with Crippen LogP contribution in [0.25, 0.3) is 0 Å². The lowest BCUT2D eigenvalue weighted by Crippen LogP contribution is -2.34. The van der Waals surface area contributed by atoms with E-state index in [1.54, 1.807) is 6.20 Å². The third-order valence-corrected chi connectivity index (χ3v) is 4.05. The Bertz CT molecular complexity index is 704. The molecule has 1 unspecified atom stereocenters. The fourth-order valence-corrected chi connectivity index (χ4v) is 2.86. The summed E-state index contributed by atoms with van der Waals surface area (Å²) in [5.41, 5.74) is 5.24. The molecule has 0 saturated carbocycles. The Morgan fingerprint density at radius 1 is 1.48 bits per heavy atom. The standard InChI is InChI=1S/C13H19N5O2S/c1-3-6-18-10(14)9(11(19)17-13(18)20)16-8(4-2)12-15-5-7-21-12/h5,7-8,16H,3-4,6,14H2,1-2H3,(H,17,19,20). The van der Waals surface area contributed by atoms with Crippen LogP contribution in [0.4, 0.5) is 11.5 Å². The average molecular weight is 309 g/mol. The zero-order chi connectivity index (χ0) is 15.4. The van der Waals surface area contributed by atoms with E-state index in [2.05, 4.69) is 15.3 Å². The molecule has 7 nitrogen and oxygen atoms in total. The van der Waals surface area contributed by atoms with Gasteiger partial charge in [0.1, 0.15) is 16.5 Å². The molecule has 0 spiro atoms. The van der Waals surface area contributed by atoms with Crippen molar-refractivity contribution in [1.82, 2.24) is 14.5 Å². The van der Waals surface area contributed by atoms with E-state index in [0.29, 0.717) is 6.54 Å². The van der Waals surface area contributed by atoms with Gasteiger partial charge in [0.15, 0.2) is 0 Å². The van der Waals surface area contributed by atoms with Crippen molar-refractivity contribution in [2.75, 3.05) is 11.1 Å². The average Bonchev–Trinajstić information content (AvgIpc) is 2.97. The van der Waals surface area contributed by atoms with E-state index in [0.717, 1.165) is 17.8 Å². The number of nitrogens with one attached hydrogen (secondary N) is 2. The Labute approximate surface area is 125 Å². The molecule has 0 aliphatic rings. The number of anilines is 2. The maximum Gasteiger partial charge on any atom is 0.330 e. The maximum absolute atomic E-state index is 12.0. The Balaban J connectivity index is 2.42. The number of nitrogens with two attached hydrogens (primary N) is 1. The van der Waals surface area contributed by atoms with E-state index in [1.165, 1.54) is 15.9 Å². The van der Waals surface area contributed by atoms with Crippen molar-refractivity contribution in [3.63, 3.8) is 0 Å². The molecule has 0 aliphatic carbocycles. The molecule has 0 radical (unpaired) electrons. The van der Waals surface area contributed by atoms with Gasteiger partial charge in [0.25, 0.3) is 5.56 Å². The first-order valence-corrected chi connectivity index (χ1v) is 7.74. The van der Waals surface area contributed by atoms with E-state index >= 15 is 0 Å². The minimum atomic E-state index is -0.500. The number of nitrogens with zero attached hydrogens (tertiary/aromatic N) is 2. The summed E-state index contributed by atoms with van der Waals surface area (Å²) >= 11 is 1.51. The highest BCUT2D eigenvalue weighted by Gasteiger charge is 2.18. The number of hydrogen-bond donors (Lipinski definition) is 3. The lowest BCUT2D eigenvalue weighted by atomic mass is 10.2. The second-order valence-corrected chi connectivity index (χ2v) is 5.57. The molecule has 0 amide bonds. The van der Waals surface area contributed by atoms with Crippen LogP contribution < -0.4 is 22.3 Å². The van der Waals surface area contributed by atoms with Gasteiger partial charge in [-0.05, 0) is 12.8 Å². The molecule has 8 heteroatoms. The molecule has 4 N–H and O–H groups in total. The summed E-state index contributed by atoms with van der Waals surface area (Å²) in [6.45, 7) is 4.39. The van der Waals surface area contributed by atoms with E-state index in [4.69, 9.17) is 5.73 Å². The number of aromatic nitrogens is 3. The minimum Gasteiger partial charge on any atom is -0.383 e. The molecule has 2 aromatic heterocycles. The van der Waals surface area contributed by atoms with Crippen LogP contribution in [0.15, 0.2) is 21.2 Å². The highest BCUT2D eigenvalue weighted by molar-refractivity contribution is 7.09. The van der Waals surface area contributed by atoms with Gasteiger partial charge in [0, 0.05) is 18.1 Å².